The Morgan fingerprint density at radius 2 is 2.10 bits per heavy atom. The monoisotopic (exact) mass is 400 g/mol. The Labute approximate surface area is 137 Å². The second-order valence-electron chi connectivity index (χ2n) is 4.98. The number of hydrogen-bond acceptors (Lipinski definition) is 3. The minimum atomic E-state index is 0.114. The van der Waals surface area contributed by atoms with Crippen LogP contribution in [0.1, 0.15) is 31.1 Å². The fourth-order valence-electron chi connectivity index (χ4n) is 2.25. The van der Waals surface area contributed by atoms with Crippen molar-refractivity contribution < 1.29 is 4.74 Å². The molecule has 1 aromatic carbocycles. The maximum atomic E-state index is 5.81. The molecule has 1 fully saturated rings. The molecule has 1 aliphatic rings. The SMILES string of the molecule is Cc1ccc(Sc2cnn(C3CCCCO3)c2I)cc1. The van der Waals surface area contributed by atoms with Gasteiger partial charge in [0.2, 0.25) is 0 Å². The van der Waals surface area contributed by atoms with Crippen molar-refractivity contribution >= 4 is 34.4 Å². The molecule has 0 bridgehead atoms. The Kier molecular flexibility index (Phi) is 4.68. The Balaban J connectivity index is 1.77. The number of hydrogen-bond donors (Lipinski definition) is 0. The summed E-state index contributed by atoms with van der Waals surface area (Å²) in [6.07, 6.45) is 5.51. The molecule has 0 saturated carbocycles. The summed E-state index contributed by atoms with van der Waals surface area (Å²) in [4.78, 5) is 2.45. The molecule has 1 unspecified atom stereocenters. The van der Waals surface area contributed by atoms with E-state index in [4.69, 9.17) is 4.74 Å². The summed E-state index contributed by atoms with van der Waals surface area (Å²) in [7, 11) is 0. The first-order chi connectivity index (χ1) is 9.74. The molecule has 2 heterocycles. The quantitative estimate of drug-likeness (QED) is 0.703. The van der Waals surface area contributed by atoms with Crippen molar-refractivity contribution in [1.82, 2.24) is 9.78 Å². The molecule has 106 valence electrons. The molecule has 0 N–H and O–H groups in total. The highest BCUT2D eigenvalue weighted by Crippen LogP contribution is 2.34. The lowest BCUT2D eigenvalue weighted by Gasteiger charge is -2.23. The molecule has 20 heavy (non-hydrogen) atoms. The van der Waals surface area contributed by atoms with Gasteiger partial charge in [-0.05, 0) is 60.9 Å². The largest absolute Gasteiger partial charge is 0.356 e. The smallest absolute Gasteiger partial charge is 0.151 e. The summed E-state index contributed by atoms with van der Waals surface area (Å²) < 4.78 is 9.00. The molecule has 0 aliphatic carbocycles. The van der Waals surface area contributed by atoms with Crippen LogP contribution in [0.5, 0.6) is 0 Å². The van der Waals surface area contributed by atoms with Gasteiger partial charge in [-0.25, -0.2) is 4.68 Å². The molecule has 3 nitrogen and oxygen atoms in total. The van der Waals surface area contributed by atoms with Crippen LogP contribution in [-0.2, 0) is 4.74 Å². The zero-order valence-electron chi connectivity index (χ0n) is 11.4. The summed E-state index contributed by atoms with van der Waals surface area (Å²) >= 11 is 4.13. The molecule has 1 atom stereocenters. The first-order valence-corrected chi connectivity index (χ1v) is 8.73. The molecule has 3 rings (SSSR count). The van der Waals surface area contributed by atoms with Crippen molar-refractivity contribution in [1.29, 1.82) is 0 Å². The number of halogens is 1. The molecule has 1 aliphatic heterocycles. The minimum absolute atomic E-state index is 0.114. The number of benzene rings is 1. The van der Waals surface area contributed by atoms with Crippen molar-refractivity contribution in [2.75, 3.05) is 6.61 Å². The van der Waals surface area contributed by atoms with Crippen LogP contribution < -0.4 is 0 Å². The Hall–Kier alpha value is -0.530. The van der Waals surface area contributed by atoms with Gasteiger partial charge in [-0.15, -0.1) is 0 Å². The summed E-state index contributed by atoms with van der Waals surface area (Å²) in [5.74, 6) is 0. The van der Waals surface area contributed by atoms with Crippen molar-refractivity contribution in [2.24, 2.45) is 0 Å². The van der Waals surface area contributed by atoms with Crippen LogP contribution in [0.4, 0.5) is 0 Å². The van der Waals surface area contributed by atoms with E-state index in [0.717, 1.165) is 13.0 Å². The van der Waals surface area contributed by atoms with Crippen LogP contribution in [0.15, 0.2) is 40.3 Å². The summed E-state index contributed by atoms with van der Waals surface area (Å²) in [5.41, 5.74) is 1.29. The Bertz CT molecular complexity index is 576. The van der Waals surface area contributed by atoms with Crippen LogP contribution in [-0.4, -0.2) is 16.4 Å². The summed E-state index contributed by atoms with van der Waals surface area (Å²) in [5, 5.41) is 4.52. The van der Waals surface area contributed by atoms with Gasteiger partial charge in [0.1, 0.15) is 3.70 Å². The molecule has 0 spiro atoms. The number of nitrogens with zero attached hydrogens (tertiary/aromatic N) is 2. The number of aryl methyl sites for hydroxylation is 1. The summed E-state index contributed by atoms with van der Waals surface area (Å²) in [6.45, 7) is 2.96. The van der Waals surface area contributed by atoms with Gasteiger partial charge >= 0.3 is 0 Å². The predicted octanol–water partition coefficient (Wildman–Crippen LogP) is 4.65. The Morgan fingerprint density at radius 1 is 1.30 bits per heavy atom. The predicted molar refractivity (Wildman–Crippen MR) is 89.1 cm³/mol. The van der Waals surface area contributed by atoms with Gasteiger partial charge in [-0.2, -0.15) is 5.10 Å². The fourth-order valence-corrected chi connectivity index (χ4v) is 3.96. The van der Waals surface area contributed by atoms with E-state index >= 15 is 0 Å². The summed E-state index contributed by atoms with van der Waals surface area (Å²) in [6, 6.07) is 8.60. The Morgan fingerprint density at radius 3 is 2.80 bits per heavy atom. The molecule has 0 radical (unpaired) electrons. The lowest BCUT2D eigenvalue weighted by Crippen LogP contribution is -2.20. The van der Waals surface area contributed by atoms with Crippen LogP contribution in [0.25, 0.3) is 0 Å². The van der Waals surface area contributed by atoms with Gasteiger partial charge in [-0.3, -0.25) is 0 Å². The van der Waals surface area contributed by atoms with E-state index in [1.165, 1.54) is 31.9 Å². The molecular formula is C15H17IN2OS. The molecule has 5 heteroatoms. The van der Waals surface area contributed by atoms with Crippen LogP contribution >= 0.6 is 34.4 Å². The van der Waals surface area contributed by atoms with Gasteiger partial charge in [0.25, 0.3) is 0 Å². The normalized spacial score (nSPS) is 19.2. The van der Waals surface area contributed by atoms with Crippen molar-refractivity contribution in [3.05, 3.63) is 39.7 Å². The van der Waals surface area contributed by atoms with E-state index in [-0.39, 0.29) is 6.23 Å². The fraction of sp³-hybridized carbons (Fsp3) is 0.400. The average Bonchev–Trinajstić information content (AvgIpc) is 2.84. The minimum Gasteiger partial charge on any atom is -0.356 e. The molecular weight excluding hydrogens is 383 g/mol. The number of rotatable bonds is 3. The highest BCUT2D eigenvalue weighted by atomic mass is 127. The van der Waals surface area contributed by atoms with E-state index in [1.54, 1.807) is 11.8 Å². The first kappa shape index (κ1) is 14.4. The van der Waals surface area contributed by atoms with Gasteiger partial charge in [0.05, 0.1) is 11.1 Å². The molecule has 1 aromatic heterocycles. The van der Waals surface area contributed by atoms with Crippen LogP contribution in [0.3, 0.4) is 0 Å². The number of ether oxygens (including phenoxy) is 1. The van der Waals surface area contributed by atoms with Gasteiger partial charge in [0.15, 0.2) is 6.23 Å². The lowest BCUT2D eigenvalue weighted by atomic mass is 10.2. The number of aromatic nitrogens is 2. The zero-order valence-corrected chi connectivity index (χ0v) is 14.4. The van der Waals surface area contributed by atoms with Crippen molar-refractivity contribution in [3.8, 4) is 0 Å². The standard InChI is InChI=1S/C15H17IN2OS/c1-11-5-7-12(8-6-11)20-13-10-17-18(15(13)16)14-4-2-3-9-19-14/h5-8,10,14H,2-4,9H2,1H3. The lowest BCUT2D eigenvalue weighted by molar-refractivity contribution is -0.0412. The van der Waals surface area contributed by atoms with E-state index in [1.807, 2.05) is 10.9 Å². The van der Waals surface area contributed by atoms with Crippen LogP contribution in [0, 0.1) is 10.6 Å². The van der Waals surface area contributed by atoms with Crippen LogP contribution in [0.2, 0.25) is 0 Å². The first-order valence-electron chi connectivity index (χ1n) is 6.83. The third-order valence-corrected chi connectivity index (χ3v) is 5.85. The molecule has 1 saturated heterocycles. The maximum absolute atomic E-state index is 5.81. The third-order valence-electron chi connectivity index (χ3n) is 3.38. The van der Waals surface area contributed by atoms with E-state index < -0.39 is 0 Å². The average molecular weight is 400 g/mol. The molecule has 2 aromatic rings. The third kappa shape index (κ3) is 3.20. The van der Waals surface area contributed by atoms with Crippen molar-refractivity contribution in [2.45, 2.75) is 42.2 Å². The van der Waals surface area contributed by atoms with E-state index in [9.17, 15) is 0 Å². The highest BCUT2D eigenvalue weighted by molar-refractivity contribution is 14.1. The second-order valence-corrected chi connectivity index (χ2v) is 7.12. The second kappa shape index (κ2) is 6.49. The highest BCUT2D eigenvalue weighted by Gasteiger charge is 2.20. The van der Waals surface area contributed by atoms with Gasteiger partial charge in [-0.1, -0.05) is 29.5 Å². The maximum Gasteiger partial charge on any atom is 0.151 e. The van der Waals surface area contributed by atoms with Gasteiger partial charge < -0.3 is 4.74 Å². The van der Waals surface area contributed by atoms with E-state index in [2.05, 4.69) is 58.9 Å². The van der Waals surface area contributed by atoms with Gasteiger partial charge in [0, 0.05) is 11.5 Å². The topological polar surface area (TPSA) is 27.1 Å². The van der Waals surface area contributed by atoms with Crippen molar-refractivity contribution in [3.63, 3.8) is 0 Å². The molecule has 0 amide bonds. The zero-order chi connectivity index (χ0) is 13.9. The van der Waals surface area contributed by atoms with E-state index in [0.29, 0.717) is 0 Å².